The Kier molecular flexibility index (Phi) is 5.24. The molecule has 2 aliphatic heterocycles. The van der Waals surface area contributed by atoms with Gasteiger partial charge in [-0.25, -0.2) is 0 Å². The van der Waals surface area contributed by atoms with Crippen molar-refractivity contribution in [2.45, 2.75) is 57.2 Å². The lowest BCUT2D eigenvalue weighted by Gasteiger charge is -2.37. The Hall–Kier alpha value is -1.41. The molecule has 1 N–H and O–H groups in total. The second kappa shape index (κ2) is 7.23. The number of nitrogens with zero attached hydrogens (tertiary/aromatic N) is 2. The molecule has 3 atom stereocenters. The summed E-state index contributed by atoms with van der Waals surface area (Å²) in [5.41, 5.74) is 1.85. The first-order valence-electron chi connectivity index (χ1n) is 9.02. The molecule has 0 spiro atoms. The first-order chi connectivity index (χ1) is 11.5. The molecule has 1 aromatic rings. The van der Waals surface area contributed by atoms with E-state index in [1.54, 1.807) is 0 Å². The third-order valence-corrected chi connectivity index (χ3v) is 5.61. The van der Waals surface area contributed by atoms with Crippen molar-refractivity contribution in [1.82, 2.24) is 4.90 Å². The third-order valence-electron chi connectivity index (χ3n) is 5.61. The summed E-state index contributed by atoms with van der Waals surface area (Å²) in [6.07, 6.45) is 2.77. The van der Waals surface area contributed by atoms with E-state index in [-0.39, 0.29) is 12.0 Å². The van der Waals surface area contributed by atoms with Crippen LogP contribution in [-0.4, -0.2) is 41.9 Å². The van der Waals surface area contributed by atoms with Crippen molar-refractivity contribution in [2.24, 2.45) is 5.92 Å². The van der Waals surface area contributed by atoms with Gasteiger partial charge in [0.2, 0.25) is 0 Å². The van der Waals surface area contributed by atoms with Crippen LogP contribution >= 0.6 is 0 Å². The van der Waals surface area contributed by atoms with E-state index in [2.05, 4.69) is 29.2 Å². The Morgan fingerprint density at radius 1 is 1.33 bits per heavy atom. The second-order valence-corrected chi connectivity index (χ2v) is 7.67. The van der Waals surface area contributed by atoms with E-state index >= 15 is 0 Å². The summed E-state index contributed by atoms with van der Waals surface area (Å²) >= 11 is 0. The molecule has 0 saturated carbocycles. The number of hydrogen-bond donors (Lipinski definition) is 1. The van der Waals surface area contributed by atoms with Crippen LogP contribution < -0.4 is 0 Å². The van der Waals surface area contributed by atoms with Crippen molar-refractivity contribution in [3.8, 4) is 6.07 Å². The zero-order chi connectivity index (χ0) is 17.2. The molecule has 2 aliphatic rings. The molecule has 130 valence electrons. The molecule has 0 aromatic heterocycles. The lowest BCUT2D eigenvalue weighted by atomic mass is 9.83. The van der Waals surface area contributed by atoms with Gasteiger partial charge in [0.25, 0.3) is 0 Å². The van der Waals surface area contributed by atoms with Crippen molar-refractivity contribution >= 4 is 0 Å². The monoisotopic (exact) mass is 328 g/mol. The first-order valence-corrected chi connectivity index (χ1v) is 9.02. The number of hydrogen-bond acceptors (Lipinski definition) is 4. The zero-order valence-corrected chi connectivity index (χ0v) is 14.7. The number of nitriles is 1. The number of benzene rings is 1. The Morgan fingerprint density at radius 2 is 2.12 bits per heavy atom. The highest BCUT2D eigenvalue weighted by Gasteiger charge is 2.38. The number of rotatable bonds is 4. The summed E-state index contributed by atoms with van der Waals surface area (Å²) in [5, 5.41) is 19.9. The summed E-state index contributed by atoms with van der Waals surface area (Å²) < 4.78 is 5.63. The molecule has 4 nitrogen and oxygen atoms in total. The van der Waals surface area contributed by atoms with Gasteiger partial charge in [-0.05, 0) is 50.8 Å². The standard InChI is InChI=1S/C20H28N2O2/c1-20(2,14-21)17-7-4-3-6-15(17)12-22-10-5-8-18(22)16-13-24-11-9-19(16)23/h3-4,6-7,16,18-19,23H,5,8-13H2,1-2H3/t16-,18+,19+/m0/s1. The van der Waals surface area contributed by atoms with Crippen LogP contribution in [0, 0.1) is 17.2 Å². The summed E-state index contributed by atoms with van der Waals surface area (Å²) in [4.78, 5) is 2.48. The summed E-state index contributed by atoms with van der Waals surface area (Å²) in [6, 6.07) is 11.1. The lowest BCUT2D eigenvalue weighted by molar-refractivity contribution is -0.0636. The smallest absolute Gasteiger partial charge is 0.0769 e. The minimum atomic E-state index is -0.487. The third kappa shape index (κ3) is 3.49. The highest BCUT2D eigenvalue weighted by molar-refractivity contribution is 5.37. The van der Waals surface area contributed by atoms with Gasteiger partial charge in [0.15, 0.2) is 0 Å². The second-order valence-electron chi connectivity index (χ2n) is 7.67. The largest absolute Gasteiger partial charge is 0.393 e. The van der Waals surface area contributed by atoms with Gasteiger partial charge in [0, 0.05) is 25.1 Å². The van der Waals surface area contributed by atoms with Crippen LogP contribution in [0.5, 0.6) is 0 Å². The highest BCUT2D eigenvalue weighted by Crippen LogP contribution is 2.33. The number of aliphatic hydroxyl groups is 1. The van der Waals surface area contributed by atoms with E-state index in [0.29, 0.717) is 19.3 Å². The average Bonchev–Trinajstić information content (AvgIpc) is 3.03. The Balaban J connectivity index is 1.80. The molecule has 4 heteroatoms. The minimum absolute atomic E-state index is 0.206. The predicted molar refractivity (Wildman–Crippen MR) is 93.4 cm³/mol. The number of aliphatic hydroxyl groups excluding tert-OH is 1. The molecule has 0 bridgehead atoms. The van der Waals surface area contributed by atoms with Crippen LogP contribution in [0.1, 0.15) is 44.2 Å². The number of ether oxygens (including phenoxy) is 1. The average molecular weight is 328 g/mol. The first kappa shape index (κ1) is 17.4. The molecule has 0 aliphatic carbocycles. The van der Waals surface area contributed by atoms with E-state index < -0.39 is 5.41 Å². The van der Waals surface area contributed by atoms with E-state index in [1.807, 2.05) is 19.9 Å². The van der Waals surface area contributed by atoms with Crippen molar-refractivity contribution in [3.63, 3.8) is 0 Å². The molecular formula is C20H28N2O2. The fraction of sp³-hybridized carbons (Fsp3) is 0.650. The van der Waals surface area contributed by atoms with Gasteiger partial charge in [0.05, 0.1) is 24.2 Å². The molecule has 0 unspecified atom stereocenters. The number of likely N-dealkylation sites (tertiary alicyclic amines) is 1. The Morgan fingerprint density at radius 3 is 2.88 bits per heavy atom. The molecular weight excluding hydrogens is 300 g/mol. The van der Waals surface area contributed by atoms with Crippen LogP contribution in [0.4, 0.5) is 0 Å². The van der Waals surface area contributed by atoms with Crippen LogP contribution in [0.25, 0.3) is 0 Å². The zero-order valence-electron chi connectivity index (χ0n) is 14.7. The van der Waals surface area contributed by atoms with E-state index in [1.165, 1.54) is 5.56 Å². The van der Waals surface area contributed by atoms with Crippen LogP contribution in [0.3, 0.4) is 0 Å². The van der Waals surface area contributed by atoms with Gasteiger partial charge < -0.3 is 9.84 Å². The maximum Gasteiger partial charge on any atom is 0.0769 e. The molecule has 2 saturated heterocycles. The van der Waals surface area contributed by atoms with Crippen LogP contribution in [0.2, 0.25) is 0 Å². The highest BCUT2D eigenvalue weighted by atomic mass is 16.5. The van der Waals surface area contributed by atoms with Crippen LogP contribution in [0.15, 0.2) is 24.3 Å². The molecule has 2 heterocycles. The molecule has 2 fully saturated rings. The van der Waals surface area contributed by atoms with Crippen molar-refractivity contribution in [3.05, 3.63) is 35.4 Å². The summed E-state index contributed by atoms with van der Waals surface area (Å²) in [6.45, 7) is 7.18. The molecule has 0 amide bonds. The van der Waals surface area contributed by atoms with Crippen molar-refractivity contribution < 1.29 is 9.84 Å². The molecule has 0 radical (unpaired) electrons. The maximum atomic E-state index is 10.4. The SMILES string of the molecule is CC(C)(C#N)c1ccccc1CN1CCC[C@@H]1[C@@H]1COCC[C@H]1O. The van der Waals surface area contributed by atoms with Crippen LogP contribution in [-0.2, 0) is 16.7 Å². The fourth-order valence-electron chi connectivity index (χ4n) is 4.20. The van der Waals surface area contributed by atoms with Crippen molar-refractivity contribution in [2.75, 3.05) is 19.8 Å². The van der Waals surface area contributed by atoms with Gasteiger partial charge >= 0.3 is 0 Å². The van der Waals surface area contributed by atoms with Gasteiger partial charge in [-0.3, -0.25) is 4.90 Å². The summed E-state index contributed by atoms with van der Waals surface area (Å²) in [5.74, 6) is 0.206. The molecule has 1 aromatic carbocycles. The van der Waals surface area contributed by atoms with Crippen molar-refractivity contribution in [1.29, 1.82) is 5.26 Å². The predicted octanol–water partition coefficient (Wildman–Crippen LogP) is 2.85. The molecule has 24 heavy (non-hydrogen) atoms. The molecule has 3 rings (SSSR count). The topological polar surface area (TPSA) is 56.5 Å². The fourth-order valence-corrected chi connectivity index (χ4v) is 4.20. The minimum Gasteiger partial charge on any atom is -0.393 e. The quantitative estimate of drug-likeness (QED) is 0.923. The Bertz CT molecular complexity index is 608. The van der Waals surface area contributed by atoms with Gasteiger partial charge in [-0.15, -0.1) is 0 Å². The Labute approximate surface area is 145 Å². The lowest BCUT2D eigenvalue weighted by Crippen LogP contribution is -2.46. The maximum absolute atomic E-state index is 10.4. The van der Waals surface area contributed by atoms with Gasteiger partial charge in [0.1, 0.15) is 0 Å². The normalized spacial score (nSPS) is 28.7. The van der Waals surface area contributed by atoms with Gasteiger partial charge in [-0.1, -0.05) is 24.3 Å². The van der Waals surface area contributed by atoms with E-state index in [4.69, 9.17) is 4.74 Å². The summed E-state index contributed by atoms with van der Waals surface area (Å²) in [7, 11) is 0. The van der Waals surface area contributed by atoms with Gasteiger partial charge in [-0.2, -0.15) is 5.26 Å². The van der Waals surface area contributed by atoms with E-state index in [9.17, 15) is 10.4 Å². The van der Waals surface area contributed by atoms with E-state index in [0.717, 1.165) is 37.9 Å².